The van der Waals surface area contributed by atoms with E-state index in [-0.39, 0.29) is 5.56 Å². The van der Waals surface area contributed by atoms with Crippen molar-refractivity contribution in [3.63, 3.8) is 0 Å². The van der Waals surface area contributed by atoms with Gasteiger partial charge in [0.1, 0.15) is 11.6 Å². The van der Waals surface area contributed by atoms with E-state index in [0.29, 0.717) is 15.9 Å². The number of halogens is 2. The van der Waals surface area contributed by atoms with E-state index in [1.807, 2.05) is 29.6 Å². The van der Waals surface area contributed by atoms with Crippen molar-refractivity contribution in [1.82, 2.24) is 4.98 Å². The van der Waals surface area contributed by atoms with Crippen molar-refractivity contribution in [1.29, 1.82) is 0 Å². The molecule has 3 aromatic carbocycles. The second kappa shape index (κ2) is 9.51. The molecule has 0 aliphatic heterocycles. The normalized spacial score (nSPS) is 10.9. The molecule has 1 N–H and O–H groups in total. The Morgan fingerprint density at radius 2 is 1.81 bits per heavy atom. The van der Waals surface area contributed by atoms with Gasteiger partial charge in [-0.3, -0.25) is 5.43 Å². The SMILES string of the molecule is O=C(Oc1ccc(/C=N\Nc2nc(-c3ccc(Cl)cc3)cs2)cc1)c1ccccc1F. The van der Waals surface area contributed by atoms with E-state index < -0.39 is 11.8 Å². The van der Waals surface area contributed by atoms with Gasteiger partial charge in [-0.15, -0.1) is 11.3 Å². The summed E-state index contributed by atoms with van der Waals surface area (Å²) in [5, 5.41) is 7.43. The molecule has 0 fully saturated rings. The molecule has 4 rings (SSSR count). The van der Waals surface area contributed by atoms with Crippen LogP contribution in [0.4, 0.5) is 9.52 Å². The van der Waals surface area contributed by atoms with Crippen LogP contribution in [0.5, 0.6) is 5.75 Å². The van der Waals surface area contributed by atoms with Crippen LogP contribution in [0.25, 0.3) is 11.3 Å². The smallest absolute Gasteiger partial charge is 0.346 e. The molecule has 0 saturated heterocycles. The predicted molar refractivity (Wildman–Crippen MR) is 122 cm³/mol. The maximum atomic E-state index is 13.7. The van der Waals surface area contributed by atoms with Gasteiger partial charge in [-0.05, 0) is 54.1 Å². The Labute approximate surface area is 186 Å². The number of rotatable bonds is 6. The fourth-order valence-electron chi connectivity index (χ4n) is 2.65. The average Bonchev–Trinajstić information content (AvgIpc) is 3.24. The third kappa shape index (κ3) is 5.33. The van der Waals surface area contributed by atoms with E-state index in [2.05, 4.69) is 15.5 Å². The zero-order chi connectivity index (χ0) is 21.6. The maximum Gasteiger partial charge on any atom is 0.346 e. The molecule has 0 amide bonds. The second-order valence-electron chi connectivity index (χ2n) is 6.35. The summed E-state index contributed by atoms with van der Waals surface area (Å²) in [7, 11) is 0. The summed E-state index contributed by atoms with van der Waals surface area (Å²) in [6.45, 7) is 0. The Bertz CT molecular complexity index is 1220. The van der Waals surface area contributed by atoms with Crippen molar-refractivity contribution in [2.75, 3.05) is 5.43 Å². The molecule has 5 nitrogen and oxygen atoms in total. The molecule has 0 unspecified atom stereocenters. The van der Waals surface area contributed by atoms with Gasteiger partial charge in [0.25, 0.3) is 0 Å². The number of hydrogen-bond acceptors (Lipinski definition) is 6. The number of thiazole rings is 1. The van der Waals surface area contributed by atoms with E-state index in [0.717, 1.165) is 16.8 Å². The number of aromatic nitrogens is 1. The Morgan fingerprint density at radius 3 is 2.55 bits per heavy atom. The highest BCUT2D eigenvalue weighted by Crippen LogP contribution is 2.26. The molecule has 0 bridgehead atoms. The monoisotopic (exact) mass is 451 g/mol. The largest absolute Gasteiger partial charge is 0.423 e. The quantitative estimate of drug-likeness (QED) is 0.162. The fraction of sp³-hybridized carbons (Fsp3) is 0. The molecule has 0 aliphatic rings. The minimum Gasteiger partial charge on any atom is -0.423 e. The number of ether oxygens (including phenoxy) is 1. The highest BCUT2D eigenvalue weighted by atomic mass is 35.5. The lowest BCUT2D eigenvalue weighted by atomic mass is 10.2. The predicted octanol–water partition coefficient (Wildman–Crippen LogP) is 6.27. The summed E-state index contributed by atoms with van der Waals surface area (Å²) in [5.74, 6) is -1.06. The number of nitrogens with zero attached hydrogens (tertiary/aromatic N) is 2. The van der Waals surface area contributed by atoms with Crippen LogP contribution < -0.4 is 10.2 Å². The number of esters is 1. The third-order valence-corrected chi connectivity index (χ3v) is 5.20. The van der Waals surface area contributed by atoms with Crippen molar-refractivity contribution >= 4 is 40.3 Å². The summed E-state index contributed by atoms with van der Waals surface area (Å²) in [4.78, 5) is 16.5. The van der Waals surface area contributed by atoms with Gasteiger partial charge in [-0.2, -0.15) is 5.10 Å². The Balaban J connectivity index is 1.34. The minimum atomic E-state index is -0.749. The zero-order valence-electron chi connectivity index (χ0n) is 16.0. The van der Waals surface area contributed by atoms with Gasteiger partial charge in [0.05, 0.1) is 17.5 Å². The highest BCUT2D eigenvalue weighted by molar-refractivity contribution is 7.14. The van der Waals surface area contributed by atoms with E-state index in [1.165, 1.54) is 29.5 Å². The number of anilines is 1. The number of hydrogen-bond donors (Lipinski definition) is 1. The molecule has 1 heterocycles. The summed E-state index contributed by atoms with van der Waals surface area (Å²) in [6.07, 6.45) is 1.62. The van der Waals surface area contributed by atoms with Crippen molar-refractivity contribution in [2.45, 2.75) is 0 Å². The average molecular weight is 452 g/mol. The van der Waals surface area contributed by atoms with Gasteiger partial charge >= 0.3 is 5.97 Å². The van der Waals surface area contributed by atoms with Crippen LogP contribution in [0.2, 0.25) is 5.02 Å². The molecular formula is C23H15ClFN3O2S. The molecule has 0 saturated carbocycles. The number of benzene rings is 3. The second-order valence-corrected chi connectivity index (χ2v) is 7.65. The summed E-state index contributed by atoms with van der Waals surface area (Å²) in [6, 6.07) is 19.8. The molecule has 8 heteroatoms. The third-order valence-electron chi connectivity index (χ3n) is 4.20. The molecule has 4 aromatic rings. The Kier molecular flexibility index (Phi) is 6.35. The van der Waals surface area contributed by atoms with Crippen molar-refractivity contribution in [2.24, 2.45) is 5.10 Å². The number of carbonyl (C=O) groups excluding carboxylic acids is 1. The van der Waals surface area contributed by atoms with Crippen molar-refractivity contribution in [3.05, 3.63) is 100 Å². The lowest BCUT2D eigenvalue weighted by molar-refractivity contribution is 0.0730. The highest BCUT2D eigenvalue weighted by Gasteiger charge is 2.13. The summed E-state index contributed by atoms with van der Waals surface area (Å²) < 4.78 is 18.9. The van der Waals surface area contributed by atoms with Crippen LogP contribution in [-0.4, -0.2) is 17.2 Å². The van der Waals surface area contributed by atoms with Gasteiger partial charge < -0.3 is 4.74 Å². The minimum absolute atomic E-state index is 0.112. The van der Waals surface area contributed by atoms with Gasteiger partial charge in [0.15, 0.2) is 0 Å². The molecule has 0 atom stereocenters. The van der Waals surface area contributed by atoms with Crippen LogP contribution in [0, 0.1) is 5.82 Å². The van der Waals surface area contributed by atoms with Gasteiger partial charge in [0.2, 0.25) is 5.13 Å². The number of nitrogens with one attached hydrogen (secondary N) is 1. The van der Waals surface area contributed by atoms with Crippen LogP contribution in [0.15, 0.2) is 83.3 Å². The van der Waals surface area contributed by atoms with Crippen LogP contribution >= 0.6 is 22.9 Å². The molecular weight excluding hydrogens is 437 g/mol. The van der Waals surface area contributed by atoms with Crippen LogP contribution in [-0.2, 0) is 0 Å². The Morgan fingerprint density at radius 1 is 1.06 bits per heavy atom. The van der Waals surface area contributed by atoms with E-state index in [9.17, 15) is 9.18 Å². The van der Waals surface area contributed by atoms with E-state index >= 15 is 0 Å². The Hall–Kier alpha value is -3.55. The lowest BCUT2D eigenvalue weighted by Crippen LogP contribution is -2.10. The molecule has 0 radical (unpaired) electrons. The first-order valence-corrected chi connectivity index (χ1v) is 10.4. The van der Waals surface area contributed by atoms with Gasteiger partial charge in [0, 0.05) is 16.0 Å². The van der Waals surface area contributed by atoms with Crippen LogP contribution in [0.1, 0.15) is 15.9 Å². The summed E-state index contributed by atoms with van der Waals surface area (Å²) >= 11 is 7.35. The molecule has 0 aliphatic carbocycles. The first kappa shape index (κ1) is 20.7. The van der Waals surface area contributed by atoms with E-state index in [4.69, 9.17) is 16.3 Å². The van der Waals surface area contributed by atoms with Crippen molar-refractivity contribution < 1.29 is 13.9 Å². The molecule has 154 valence electrons. The maximum absolute atomic E-state index is 13.7. The van der Waals surface area contributed by atoms with Gasteiger partial charge in [-0.1, -0.05) is 35.9 Å². The van der Waals surface area contributed by atoms with Crippen molar-refractivity contribution in [3.8, 4) is 17.0 Å². The lowest BCUT2D eigenvalue weighted by Gasteiger charge is -2.05. The standard InChI is InChI=1S/C23H15ClFN3O2S/c24-17-9-7-16(8-10-17)21-14-31-23(27-21)28-26-13-15-5-11-18(12-6-15)30-22(29)19-3-1-2-4-20(19)25/h1-14H,(H,27,28)/b26-13-. The number of hydrazone groups is 1. The molecule has 0 spiro atoms. The molecule has 1 aromatic heterocycles. The topological polar surface area (TPSA) is 63.6 Å². The fourth-order valence-corrected chi connectivity index (χ4v) is 3.45. The number of carbonyl (C=O) groups is 1. The first-order chi connectivity index (χ1) is 15.1. The zero-order valence-corrected chi connectivity index (χ0v) is 17.5. The van der Waals surface area contributed by atoms with Crippen LogP contribution in [0.3, 0.4) is 0 Å². The first-order valence-electron chi connectivity index (χ1n) is 9.16. The summed E-state index contributed by atoms with van der Waals surface area (Å²) in [5.41, 5.74) is 5.37. The molecule has 31 heavy (non-hydrogen) atoms. The van der Waals surface area contributed by atoms with E-state index in [1.54, 1.807) is 36.5 Å². The van der Waals surface area contributed by atoms with Gasteiger partial charge in [-0.25, -0.2) is 14.2 Å².